The maximum atomic E-state index is 6.24. The highest BCUT2D eigenvalue weighted by molar-refractivity contribution is 6.12. The van der Waals surface area contributed by atoms with E-state index in [4.69, 9.17) is 15.2 Å². The molecule has 39 heavy (non-hydrogen) atoms. The number of aryl methyl sites for hydroxylation is 1. The summed E-state index contributed by atoms with van der Waals surface area (Å²) in [4.78, 5) is 21.9. The second-order valence-corrected chi connectivity index (χ2v) is 11.5. The van der Waals surface area contributed by atoms with Crippen LogP contribution in [0.2, 0.25) is 0 Å². The standard InChI is InChI=1S/C30H34N8O/c1-16-12-19(7-8-21(16)17(2)35-26(31)28-37-29(38-39-28)30(3,4)5)25-24-22-9-6-18(20-10-11-32-14-20)13-23(22)36-27(24)34-15-33-25/h6-9,12-13,15,17,20,32H,10-11,14H2,1-5H3,(H2,31,35)(H,33,34,36)/t17-,20?/m1/s1. The minimum Gasteiger partial charge on any atom is -0.379 e. The van der Waals surface area contributed by atoms with Gasteiger partial charge in [-0.3, -0.25) is 4.99 Å². The van der Waals surface area contributed by atoms with Gasteiger partial charge in [-0.15, -0.1) is 0 Å². The van der Waals surface area contributed by atoms with Gasteiger partial charge in [0.1, 0.15) is 12.0 Å². The van der Waals surface area contributed by atoms with Crippen LogP contribution in [0.25, 0.3) is 33.2 Å². The molecule has 0 aliphatic carbocycles. The average Bonchev–Trinajstić information content (AvgIpc) is 3.67. The first-order valence-electron chi connectivity index (χ1n) is 13.4. The van der Waals surface area contributed by atoms with Crippen molar-refractivity contribution in [2.45, 2.75) is 58.4 Å². The molecule has 1 unspecified atom stereocenters. The zero-order chi connectivity index (χ0) is 27.3. The van der Waals surface area contributed by atoms with E-state index in [-0.39, 0.29) is 23.2 Å². The van der Waals surface area contributed by atoms with Crippen LogP contribution in [0.5, 0.6) is 0 Å². The Morgan fingerprint density at radius 2 is 2.00 bits per heavy atom. The number of benzene rings is 2. The molecule has 9 heteroatoms. The third-order valence-corrected chi connectivity index (χ3v) is 7.59. The summed E-state index contributed by atoms with van der Waals surface area (Å²) in [5, 5.41) is 9.69. The molecule has 200 valence electrons. The second kappa shape index (κ2) is 9.57. The molecule has 0 saturated carbocycles. The molecule has 2 atom stereocenters. The molecule has 4 heterocycles. The monoisotopic (exact) mass is 522 g/mol. The van der Waals surface area contributed by atoms with Gasteiger partial charge in [0.2, 0.25) is 0 Å². The number of hydrogen-bond acceptors (Lipinski definition) is 7. The van der Waals surface area contributed by atoms with Gasteiger partial charge in [-0.2, -0.15) is 4.98 Å². The van der Waals surface area contributed by atoms with E-state index < -0.39 is 0 Å². The van der Waals surface area contributed by atoms with Gasteiger partial charge >= 0.3 is 0 Å². The van der Waals surface area contributed by atoms with Crippen LogP contribution in [0.3, 0.4) is 0 Å². The van der Waals surface area contributed by atoms with Crippen molar-refractivity contribution in [2.24, 2.45) is 10.7 Å². The Hall–Kier alpha value is -4.11. The normalized spacial score (nSPS) is 17.4. The Morgan fingerprint density at radius 1 is 1.15 bits per heavy atom. The zero-order valence-electron chi connectivity index (χ0n) is 23.0. The highest BCUT2D eigenvalue weighted by Gasteiger charge is 2.23. The third-order valence-electron chi connectivity index (χ3n) is 7.59. The van der Waals surface area contributed by atoms with Gasteiger partial charge in [0.25, 0.3) is 5.89 Å². The lowest BCUT2D eigenvalue weighted by Gasteiger charge is -2.13. The van der Waals surface area contributed by atoms with Gasteiger partial charge in [0, 0.05) is 28.4 Å². The predicted octanol–water partition coefficient (Wildman–Crippen LogP) is 5.31. The fourth-order valence-electron chi connectivity index (χ4n) is 5.42. The summed E-state index contributed by atoms with van der Waals surface area (Å²) in [7, 11) is 0. The molecule has 1 fully saturated rings. The van der Waals surface area contributed by atoms with Gasteiger partial charge in [-0.05, 0) is 61.6 Å². The Kier molecular flexibility index (Phi) is 6.18. The largest absolute Gasteiger partial charge is 0.379 e. The van der Waals surface area contributed by atoms with Crippen molar-refractivity contribution in [2.75, 3.05) is 13.1 Å². The minimum absolute atomic E-state index is 0.189. The Bertz CT molecular complexity index is 1700. The van der Waals surface area contributed by atoms with Crippen molar-refractivity contribution in [3.63, 3.8) is 0 Å². The summed E-state index contributed by atoms with van der Waals surface area (Å²) in [5.74, 6) is 1.64. The van der Waals surface area contributed by atoms with E-state index in [1.54, 1.807) is 6.33 Å². The molecule has 0 radical (unpaired) electrons. The van der Waals surface area contributed by atoms with Crippen molar-refractivity contribution in [3.05, 3.63) is 71.1 Å². The van der Waals surface area contributed by atoms with Crippen LogP contribution in [0.1, 0.15) is 74.5 Å². The third kappa shape index (κ3) is 4.67. The molecular formula is C30H34N8O. The first-order valence-corrected chi connectivity index (χ1v) is 13.4. The number of hydrogen-bond donors (Lipinski definition) is 3. The molecule has 5 aromatic rings. The Balaban J connectivity index is 1.32. The molecule has 1 aliphatic heterocycles. The number of aromatic amines is 1. The maximum absolute atomic E-state index is 6.24. The van der Waals surface area contributed by atoms with Gasteiger partial charge in [0.15, 0.2) is 11.7 Å². The number of amidine groups is 1. The van der Waals surface area contributed by atoms with Gasteiger partial charge < -0.3 is 20.6 Å². The summed E-state index contributed by atoms with van der Waals surface area (Å²) < 4.78 is 5.36. The summed E-state index contributed by atoms with van der Waals surface area (Å²) in [5.41, 5.74) is 13.4. The van der Waals surface area contributed by atoms with Crippen molar-refractivity contribution in [3.8, 4) is 11.3 Å². The quantitative estimate of drug-likeness (QED) is 0.211. The van der Waals surface area contributed by atoms with E-state index in [2.05, 4.69) is 73.7 Å². The fourth-order valence-corrected chi connectivity index (χ4v) is 5.42. The van der Waals surface area contributed by atoms with E-state index in [0.29, 0.717) is 11.7 Å². The van der Waals surface area contributed by atoms with Crippen LogP contribution in [0.4, 0.5) is 0 Å². The molecule has 0 bridgehead atoms. The van der Waals surface area contributed by atoms with Crippen molar-refractivity contribution in [1.82, 2.24) is 30.4 Å². The number of nitrogens with two attached hydrogens (primary N) is 1. The number of nitrogens with one attached hydrogen (secondary N) is 2. The molecule has 2 aromatic carbocycles. The van der Waals surface area contributed by atoms with Crippen LogP contribution in [-0.4, -0.2) is 44.0 Å². The topological polar surface area (TPSA) is 131 Å². The molecule has 0 amide bonds. The summed E-state index contributed by atoms with van der Waals surface area (Å²) in [6.45, 7) is 12.3. The second-order valence-electron chi connectivity index (χ2n) is 11.5. The molecule has 3 aromatic heterocycles. The fraction of sp³-hybridized carbons (Fsp3) is 0.367. The van der Waals surface area contributed by atoms with Crippen molar-refractivity contribution < 1.29 is 4.52 Å². The summed E-state index contributed by atoms with van der Waals surface area (Å²) >= 11 is 0. The number of H-pyrrole nitrogens is 1. The van der Waals surface area contributed by atoms with Gasteiger partial charge in [-0.1, -0.05) is 50.2 Å². The molecule has 4 N–H and O–H groups in total. The Morgan fingerprint density at radius 3 is 2.72 bits per heavy atom. The van der Waals surface area contributed by atoms with E-state index in [9.17, 15) is 0 Å². The highest BCUT2D eigenvalue weighted by atomic mass is 16.5. The van der Waals surface area contributed by atoms with Crippen LogP contribution >= 0.6 is 0 Å². The smallest absolute Gasteiger partial charge is 0.292 e. The predicted molar refractivity (Wildman–Crippen MR) is 154 cm³/mol. The lowest BCUT2D eigenvalue weighted by Crippen LogP contribution is -2.17. The summed E-state index contributed by atoms with van der Waals surface area (Å²) in [6, 6.07) is 12.9. The van der Waals surface area contributed by atoms with Gasteiger partial charge in [-0.25, -0.2) is 9.97 Å². The Labute approximate surface area is 227 Å². The maximum Gasteiger partial charge on any atom is 0.292 e. The number of rotatable bonds is 5. The SMILES string of the molecule is Cc1cc(-c2ncnc3[nH]c4cc(C5CCNC5)ccc4c23)ccc1[C@@H](C)N=C(N)c1nc(C(C)(C)C)no1. The number of nitrogens with zero attached hydrogens (tertiary/aromatic N) is 5. The van der Waals surface area contributed by atoms with E-state index >= 15 is 0 Å². The highest BCUT2D eigenvalue weighted by Crippen LogP contribution is 2.35. The van der Waals surface area contributed by atoms with E-state index in [1.807, 2.05) is 27.7 Å². The van der Waals surface area contributed by atoms with E-state index in [0.717, 1.165) is 57.4 Å². The number of aromatic nitrogens is 5. The molecule has 1 aliphatic rings. The van der Waals surface area contributed by atoms with E-state index in [1.165, 1.54) is 12.0 Å². The van der Waals surface area contributed by atoms with Crippen molar-refractivity contribution >= 4 is 27.8 Å². The first kappa shape index (κ1) is 25.2. The molecule has 6 rings (SSSR count). The lowest BCUT2D eigenvalue weighted by atomic mass is 9.96. The molecule has 9 nitrogen and oxygen atoms in total. The van der Waals surface area contributed by atoms with Crippen LogP contribution in [0, 0.1) is 6.92 Å². The van der Waals surface area contributed by atoms with Crippen LogP contribution in [-0.2, 0) is 5.41 Å². The zero-order valence-corrected chi connectivity index (χ0v) is 23.0. The minimum atomic E-state index is -0.229. The summed E-state index contributed by atoms with van der Waals surface area (Å²) in [6.07, 6.45) is 2.80. The molecular weight excluding hydrogens is 488 g/mol. The van der Waals surface area contributed by atoms with Crippen LogP contribution in [0.15, 0.2) is 52.2 Å². The van der Waals surface area contributed by atoms with Crippen LogP contribution < -0.4 is 11.1 Å². The van der Waals surface area contributed by atoms with Gasteiger partial charge in [0.05, 0.1) is 17.1 Å². The first-order chi connectivity index (χ1) is 18.7. The molecule has 1 saturated heterocycles. The van der Waals surface area contributed by atoms with Crippen molar-refractivity contribution in [1.29, 1.82) is 0 Å². The molecule has 0 spiro atoms. The number of aliphatic imine (C=N–C) groups is 1. The number of fused-ring (bicyclic) bond motifs is 3. The average molecular weight is 523 g/mol. The lowest BCUT2D eigenvalue weighted by molar-refractivity contribution is 0.387.